The molecular formula is C26H27F8N5O3S. The van der Waals surface area contributed by atoms with Gasteiger partial charge in [0.25, 0.3) is 5.91 Å². The molecule has 8 nitrogen and oxygen atoms in total. The summed E-state index contributed by atoms with van der Waals surface area (Å²) in [6.07, 6.45) is 1.54. The van der Waals surface area contributed by atoms with Crippen molar-refractivity contribution in [1.29, 1.82) is 5.26 Å². The maximum Gasteiger partial charge on any atom is 0.310 e. The van der Waals surface area contributed by atoms with Crippen LogP contribution in [0.15, 0.2) is 47.6 Å². The molecule has 0 bridgehead atoms. The number of ether oxygens (including phenoxy) is 1. The summed E-state index contributed by atoms with van der Waals surface area (Å²) < 4.78 is 114. The number of pyridine rings is 1. The molecule has 1 unspecified atom stereocenters. The number of anilines is 1. The minimum atomic E-state index is -10.1. The summed E-state index contributed by atoms with van der Waals surface area (Å²) in [6.45, 7) is -0.0466. The van der Waals surface area contributed by atoms with Crippen LogP contribution in [-0.4, -0.2) is 59.5 Å². The zero-order valence-corrected chi connectivity index (χ0v) is 23.4. The molecule has 236 valence electrons. The SMILES string of the molecule is CO[C@@H]1C[C@H](C(=O)N(c2ccc(S(F)(F)(F)(F)F)cc2)C(C(=O)NC2CCC(F)(F)CC2)c2cncc(F)c2)N(C#N)C1. The summed E-state index contributed by atoms with van der Waals surface area (Å²) in [6, 6.07) is -1.91. The van der Waals surface area contributed by atoms with Crippen molar-refractivity contribution in [2.45, 2.75) is 67.2 Å². The molecule has 1 aromatic heterocycles. The fraction of sp³-hybridized carbons (Fsp3) is 0.462. The number of alkyl halides is 2. The minimum absolute atomic E-state index is 0.0466. The van der Waals surface area contributed by atoms with Crippen LogP contribution >= 0.6 is 10.2 Å². The van der Waals surface area contributed by atoms with Crippen molar-refractivity contribution < 1.29 is 46.9 Å². The number of carbonyl (C=O) groups excluding carboxylic acids is 2. The maximum absolute atomic E-state index is 14.3. The van der Waals surface area contributed by atoms with Gasteiger partial charge in [0.2, 0.25) is 11.8 Å². The third kappa shape index (κ3) is 7.47. The van der Waals surface area contributed by atoms with Crippen molar-refractivity contribution in [3.63, 3.8) is 0 Å². The fourth-order valence-electron chi connectivity index (χ4n) is 5.20. The third-order valence-corrected chi connectivity index (χ3v) is 8.58. The zero-order valence-electron chi connectivity index (χ0n) is 22.5. The molecule has 1 N–H and O–H groups in total. The molecule has 2 amide bonds. The van der Waals surface area contributed by atoms with E-state index in [4.69, 9.17) is 4.74 Å². The van der Waals surface area contributed by atoms with E-state index in [1.165, 1.54) is 7.11 Å². The van der Waals surface area contributed by atoms with Gasteiger partial charge in [-0.05, 0) is 43.2 Å². The number of nitrogens with zero attached hydrogens (tertiary/aromatic N) is 4. The van der Waals surface area contributed by atoms with Gasteiger partial charge in [0.15, 0.2) is 6.19 Å². The first-order chi connectivity index (χ1) is 19.8. The lowest BCUT2D eigenvalue weighted by Gasteiger charge is -2.41. The van der Waals surface area contributed by atoms with Gasteiger partial charge in [0.1, 0.15) is 22.8 Å². The number of carbonyl (C=O) groups is 2. The van der Waals surface area contributed by atoms with Gasteiger partial charge in [0.05, 0.1) is 18.8 Å². The summed E-state index contributed by atoms with van der Waals surface area (Å²) in [5, 5.41) is 12.2. The van der Waals surface area contributed by atoms with Crippen LogP contribution in [0.1, 0.15) is 43.7 Å². The second kappa shape index (κ2) is 10.8. The number of rotatable bonds is 8. The molecule has 2 heterocycles. The molecule has 43 heavy (non-hydrogen) atoms. The third-order valence-electron chi connectivity index (χ3n) is 7.42. The minimum Gasteiger partial charge on any atom is -0.379 e. The molecule has 1 aliphatic carbocycles. The Labute approximate surface area is 241 Å². The second-order valence-corrected chi connectivity index (χ2v) is 12.9. The molecule has 1 saturated heterocycles. The molecule has 4 rings (SSSR count). The van der Waals surface area contributed by atoms with Crippen LogP contribution in [0, 0.1) is 17.3 Å². The van der Waals surface area contributed by atoms with Gasteiger partial charge in [-0.2, -0.15) is 5.26 Å². The number of hydrogen-bond donors (Lipinski definition) is 1. The van der Waals surface area contributed by atoms with Gasteiger partial charge in [-0.3, -0.25) is 24.4 Å². The van der Waals surface area contributed by atoms with E-state index in [-0.39, 0.29) is 43.5 Å². The van der Waals surface area contributed by atoms with E-state index in [9.17, 15) is 47.5 Å². The average Bonchev–Trinajstić information content (AvgIpc) is 3.35. The largest absolute Gasteiger partial charge is 0.379 e. The van der Waals surface area contributed by atoms with Crippen LogP contribution in [0.2, 0.25) is 0 Å². The number of halogens is 8. The van der Waals surface area contributed by atoms with Crippen LogP contribution < -0.4 is 10.2 Å². The molecule has 0 spiro atoms. The second-order valence-electron chi connectivity index (χ2n) is 10.5. The number of aromatic nitrogens is 1. The molecule has 17 heteroatoms. The van der Waals surface area contributed by atoms with Gasteiger partial charge in [-0.1, -0.05) is 19.4 Å². The number of nitriles is 1. The highest BCUT2D eigenvalue weighted by molar-refractivity contribution is 8.45. The summed E-state index contributed by atoms with van der Waals surface area (Å²) in [4.78, 5) is 31.0. The van der Waals surface area contributed by atoms with E-state index in [1.807, 2.05) is 6.19 Å². The molecular weight excluding hydrogens is 614 g/mol. The lowest BCUT2D eigenvalue weighted by molar-refractivity contribution is -0.129. The van der Waals surface area contributed by atoms with Crippen molar-refractivity contribution in [1.82, 2.24) is 15.2 Å². The normalized spacial score (nSPS) is 23.0. The van der Waals surface area contributed by atoms with Gasteiger partial charge in [0, 0.05) is 49.9 Å². The van der Waals surface area contributed by atoms with E-state index in [2.05, 4.69) is 10.3 Å². The van der Waals surface area contributed by atoms with Crippen molar-refractivity contribution in [2.75, 3.05) is 18.6 Å². The predicted octanol–water partition coefficient (Wildman–Crippen LogP) is 6.22. The first kappa shape index (κ1) is 32.3. The van der Waals surface area contributed by atoms with E-state index in [1.54, 1.807) is 0 Å². The van der Waals surface area contributed by atoms with Gasteiger partial charge in [-0.15, -0.1) is 0 Å². The van der Waals surface area contributed by atoms with E-state index < -0.39 is 81.4 Å². The molecule has 2 aliphatic rings. The highest BCUT2D eigenvalue weighted by Gasteiger charge is 2.65. The lowest BCUT2D eigenvalue weighted by atomic mass is 9.91. The Morgan fingerprint density at radius 3 is 2.30 bits per heavy atom. The molecule has 1 saturated carbocycles. The van der Waals surface area contributed by atoms with Crippen molar-refractivity contribution in [2.24, 2.45) is 0 Å². The van der Waals surface area contributed by atoms with Gasteiger partial charge in [-0.25, -0.2) is 13.2 Å². The molecule has 1 aromatic carbocycles. The molecule has 2 aromatic rings. The first-order valence-corrected chi connectivity index (χ1v) is 14.9. The van der Waals surface area contributed by atoms with Crippen LogP contribution in [0.4, 0.5) is 38.3 Å². The highest BCUT2D eigenvalue weighted by Crippen LogP contribution is 3.02. The van der Waals surface area contributed by atoms with Crippen molar-refractivity contribution >= 4 is 27.7 Å². The van der Waals surface area contributed by atoms with E-state index in [0.717, 1.165) is 23.4 Å². The van der Waals surface area contributed by atoms with E-state index >= 15 is 0 Å². The standard InChI is InChI=1S/C26H27F8N5O3S/c1-42-20-11-22(38(14-20)15-35)25(41)39(19-2-4-21(5-3-19)43(30,31,32,33)34)23(16-10-17(27)13-36-12-16)24(40)37-18-6-8-26(28,29)9-7-18/h2-5,10,12-13,18,20,22-23H,6-9,11,14H2,1H3,(H,37,40)/t20-,22-,23?/m1/s1. The number of nitrogens with one attached hydrogen (secondary N) is 1. The monoisotopic (exact) mass is 641 g/mol. The summed E-state index contributed by atoms with van der Waals surface area (Å²) in [7, 11) is -8.81. The Morgan fingerprint density at radius 2 is 1.77 bits per heavy atom. The van der Waals surface area contributed by atoms with Gasteiger partial charge >= 0.3 is 10.2 Å². The zero-order chi connectivity index (χ0) is 31.9. The van der Waals surface area contributed by atoms with Crippen LogP contribution in [0.5, 0.6) is 0 Å². The summed E-state index contributed by atoms with van der Waals surface area (Å²) >= 11 is 0. The maximum atomic E-state index is 14.3. The van der Waals surface area contributed by atoms with Crippen molar-refractivity contribution in [3.05, 3.63) is 54.1 Å². The fourth-order valence-corrected chi connectivity index (χ4v) is 5.85. The number of benzene rings is 1. The van der Waals surface area contributed by atoms with Crippen LogP contribution in [-0.2, 0) is 14.3 Å². The highest BCUT2D eigenvalue weighted by atomic mass is 32.5. The van der Waals surface area contributed by atoms with E-state index in [0.29, 0.717) is 17.0 Å². The number of amides is 2. The topological polar surface area (TPSA) is 98.6 Å². The average molecular weight is 642 g/mol. The Balaban J connectivity index is 1.82. The Hall–Kier alpha value is -3.65. The number of methoxy groups -OCH3 is 1. The molecule has 0 radical (unpaired) electrons. The first-order valence-electron chi connectivity index (χ1n) is 13.0. The number of hydrogen-bond acceptors (Lipinski definition) is 6. The summed E-state index contributed by atoms with van der Waals surface area (Å²) in [5.74, 6) is -5.92. The molecule has 3 atom stereocenters. The Bertz CT molecular complexity index is 1410. The van der Waals surface area contributed by atoms with Crippen LogP contribution in [0.25, 0.3) is 0 Å². The summed E-state index contributed by atoms with van der Waals surface area (Å²) in [5.41, 5.74) is -0.720. The quantitative estimate of drug-likeness (QED) is 0.272. The lowest BCUT2D eigenvalue weighted by Crippen LogP contribution is -2.52. The Morgan fingerprint density at radius 1 is 1.14 bits per heavy atom. The Kier molecular flexibility index (Phi) is 8.11. The molecule has 2 fully saturated rings. The van der Waals surface area contributed by atoms with Crippen molar-refractivity contribution in [3.8, 4) is 6.19 Å². The smallest absolute Gasteiger partial charge is 0.310 e. The van der Waals surface area contributed by atoms with Gasteiger partial charge < -0.3 is 10.1 Å². The number of likely N-dealkylation sites (tertiary alicyclic amines) is 1. The predicted molar refractivity (Wildman–Crippen MR) is 139 cm³/mol. The van der Waals surface area contributed by atoms with Crippen LogP contribution in [0.3, 0.4) is 0 Å². The molecule has 1 aliphatic heterocycles.